The van der Waals surface area contributed by atoms with Crippen LogP contribution in [0, 0.1) is 0 Å². The monoisotopic (exact) mass is 216 g/mol. The third kappa shape index (κ3) is 8.39. The van der Waals surface area contributed by atoms with Gasteiger partial charge in [0.25, 0.3) is 0 Å². The van der Waals surface area contributed by atoms with Crippen LogP contribution >= 0.6 is 0 Å². The summed E-state index contributed by atoms with van der Waals surface area (Å²) in [5.41, 5.74) is -0.759. The maximum atomic E-state index is 11.5. The van der Waals surface area contributed by atoms with Gasteiger partial charge in [-0.1, -0.05) is 6.92 Å². The highest BCUT2D eigenvalue weighted by molar-refractivity contribution is 5.78. The molecule has 0 aliphatic heterocycles. The van der Waals surface area contributed by atoms with E-state index < -0.39 is 5.60 Å². The van der Waals surface area contributed by atoms with Crippen LogP contribution in [-0.4, -0.2) is 47.7 Å². The van der Waals surface area contributed by atoms with Gasteiger partial charge in [-0.2, -0.15) is 0 Å². The van der Waals surface area contributed by atoms with Crippen molar-refractivity contribution in [1.29, 1.82) is 0 Å². The summed E-state index contributed by atoms with van der Waals surface area (Å²) in [4.78, 5) is 13.3. The average Bonchev–Trinajstić information content (AvgIpc) is 1.99. The third-order valence-electron chi connectivity index (χ3n) is 2.09. The molecule has 0 saturated carbocycles. The first-order chi connectivity index (χ1) is 6.74. The molecule has 1 amide bonds. The second kappa shape index (κ2) is 6.08. The lowest BCUT2D eigenvalue weighted by Gasteiger charge is -2.25. The lowest BCUT2D eigenvalue weighted by molar-refractivity contribution is -0.123. The maximum Gasteiger partial charge on any atom is 0.234 e. The standard InChI is InChI=1S/C11H24N2O2/c1-6-9(2)12-10(14)7-13(5)8-11(3,4)15/h9,15H,6-8H2,1-5H3,(H,12,14). The zero-order chi connectivity index (χ0) is 12.1. The molecule has 0 bridgehead atoms. The van der Waals surface area contributed by atoms with E-state index >= 15 is 0 Å². The first kappa shape index (κ1) is 14.4. The fourth-order valence-corrected chi connectivity index (χ4v) is 1.38. The predicted octanol–water partition coefficient (Wildman–Crippen LogP) is 0.604. The summed E-state index contributed by atoms with van der Waals surface area (Å²) in [7, 11) is 1.83. The lowest BCUT2D eigenvalue weighted by Crippen LogP contribution is -2.43. The van der Waals surface area contributed by atoms with Crippen LogP contribution in [0.2, 0.25) is 0 Å². The molecule has 0 aromatic rings. The number of likely N-dealkylation sites (N-methyl/N-ethyl adjacent to an activating group) is 1. The van der Waals surface area contributed by atoms with Crippen LogP contribution in [0.15, 0.2) is 0 Å². The van der Waals surface area contributed by atoms with Gasteiger partial charge in [0.2, 0.25) is 5.91 Å². The summed E-state index contributed by atoms with van der Waals surface area (Å²) in [5.74, 6) is 0.0103. The van der Waals surface area contributed by atoms with Crippen LogP contribution in [-0.2, 0) is 4.79 Å². The smallest absolute Gasteiger partial charge is 0.234 e. The molecule has 0 aliphatic carbocycles. The minimum absolute atomic E-state index is 0.0103. The Morgan fingerprint density at radius 3 is 2.47 bits per heavy atom. The van der Waals surface area contributed by atoms with Crippen molar-refractivity contribution >= 4 is 5.91 Å². The number of carbonyl (C=O) groups excluding carboxylic acids is 1. The molecule has 0 aliphatic rings. The van der Waals surface area contributed by atoms with Crippen LogP contribution in [0.3, 0.4) is 0 Å². The second-order valence-electron chi connectivity index (χ2n) is 4.86. The van der Waals surface area contributed by atoms with Crippen molar-refractivity contribution in [2.75, 3.05) is 20.1 Å². The Kier molecular flexibility index (Phi) is 5.83. The molecular weight excluding hydrogens is 192 g/mol. The van der Waals surface area contributed by atoms with Gasteiger partial charge in [-0.3, -0.25) is 9.69 Å². The van der Waals surface area contributed by atoms with E-state index in [-0.39, 0.29) is 11.9 Å². The van der Waals surface area contributed by atoms with E-state index in [1.54, 1.807) is 13.8 Å². The Morgan fingerprint density at radius 1 is 1.53 bits per heavy atom. The minimum atomic E-state index is -0.759. The van der Waals surface area contributed by atoms with Gasteiger partial charge in [0.15, 0.2) is 0 Å². The normalized spacial score (nSPS) is 14.1. The fraction of sp³-hybridized carbons (Fsp3) is 0.909. The largest absolute Gasteiger partial charge is 0.389 e. The number of hydrogen-bond donors (Lipinski definition) is 2. The molecule has 1 unspecified atom stereocenters. The molecule has 0 fully saturated rings. The molecule has 0 radical (unpaired) electrons. The number of carbonyl (C=O) groups is 1. The highest BCUT2D eigenvalue weighted by Gasteiger charge is 2.17. The highest BCUT2D eigenvalue weighted by Crippen LogP contribution is 2.02. The average molecular weight is 216 g/mol. The molecule has 4 heteroatoms. The van der Waals surface area contributed by atoms with E-state index in [2.05, 4.69) is 5.32 Å². The highest BCUT2D eigenvalue weighted by atomic mass is 16.3. The van der Waals surface area contributed by atoms with Gasteiger partial charge >= 0.3 is 0 Å². The van der Waals surface area contributed by atoms with Gasteiger partial charge < -0.3 is 10.4 Å². The van der Waals surface area contributed by atoms with Crippen molar-refractivity contribution in [3.05, 3.63) is 0 Å². The lowest BCUT2D eigenvalue weighted by atomic mass is 10.1. The van der Waals surface area contributed by atoms with E-state index in [0.717, 1.165) is 6.42 Å². The maximum absolute atomic E-state index is 11.5. The van der Waals surface area contributed by atoms with Crippen LogP contribution < -0.4 is 5.32 Å². The van der Waals surface area contributed by atoms with Gasteiger partial charge in [-0.15, -0.1) is 0 Å². The molecule has 4 nitrogen and oxygen atoms in total. The summed E-state index contributed by atoms with van der Waals surface area (Å²) >= 11 is 0. The van der Waals surface area contributed by atoms with Crippen molar-refractivity contribution in [1.82, 2.24) is 10.2 Å². The fourth-order valence-electron chi connectivity index (χ4n) is 1.38. The van der Waals surface area contributed by atoms with E-state index in [1.807, 2.05) is 25.8 Å². The minimum Gasteiger partial charge on any atom is -0.389 e. The van der Waals surface area contributed by atoms with Gasteiger partial charge in [-0.05, 0) is 34.2 Å². The molecule has 0 rings (SSSR count). The molecular formula is C11H24N2O2. The molecule has 2 N–H and O–H groups in total. The van der Waals surface area contributed by atoms with Crippen molar-refractivity contribution in [3.63, 3.8) is 0 Å². The molecule has 1 atom stereocenters. The number of amides is 1. The molecule has 90 valence electrons. The van der Waals surface area contributed by atoms with Gasteiger partial charge in [0, 0.05) is 12.6 Å². The molecule has 15 heavy (non-hydrogen) atoms. The molecule has 0 spiro atoms. The molecule has 0 saturated heterocycles. The summed E-state index contributed by atoms with van der Waals surface area (Å²) in [6, 6.07) is 0.216. The van der Waals surface area contributed by atoms with Crippen molar-refractivity contribution < 1.29 is 9.90 Å². The van der Waals surface area contributed by atoms with Crippen molar-refractivity contribution in [3.8, 4) is 0 Å². The zero-order valence-electron chi connectivity index (χ0n) is 10.5. The molecule has 0 heterocycles. The van der Waals surface area contributed by atoms with Gasteiger partial charge in [-0.25, -0.2) is 0 Å². The zero-order valence-corrected chi connectivity index (χ0v) is 10.5. The predicted molar refractivity (Wildman–Crippen MR) is 61.7 cm³/mol. The van der Waals surface area contributed by atoms with Crippen LogP contribution in [0.5, 0.6) is 0 Å². The summed E-state index contributed by atoms with van der Waals surface area (Å²) in [6.45, 7) is 8.29. The number of hydrogen-bond acceptors (Lipinski definition) is 3. The summed E-state index contributed by atoms with van der Waals surface area (Å²) in [5, 5.41) is 12.4. The first-order valence-electron chi connectivity index (χ1n) is 5.45. The summed E-state index contributed by atoms with van der Waals surface area (Å²) in [6.07, 6.45) is 0.931. The van der Waals surface area contributed by atoms with E-state index in [9.17, 15) is 9.90 Å². The van der Waals surface area contributed by atoms with Crippen LogP contribution in [0.25, 0.3) is 0 Å². The van der Waals surface area contributed by atoms with Gasteiger partial charge in [0.05, 0.1) is 12.1 Å². The first-order valence-corrected chi connectivity index (χ1v) is 5.45. The Labute approximate surface area is 92.7 Å². The second-order valence-corrected chi connectivity index (χ2v) is 4.86. The number of aliphatic hydroxyl groups is 1. The van der Waals surface area contributed by atoms with Crippen molar-refractivity contribution in [2.24, 2.45) is 0 Å². The molecule has 0 aromatic heterocycles. The summed E-state index contributed by atoms with van der Waals surface area (Å²) < 4.78 is 0. The van der Waals surface area contributed by atoms with E-state index in [1.165, 1.54) is 0 Å². The third-order valence-corrected chi connectivity index (χ3v) is 2.09. The Balaban J connectivity index is 3.87. The Bertz CT molecular complexity index is 199. The Hall–Kier alpha value is -0.610. The van der Waals surface area contributed by atoms with E-state index in [4.69, 9.17) is 0 Å². The van der Waals surface area contributed by atoms with Crippen LogP contribution in [0.4, 0.5) is 0 Å². The quantitative estimate of drug-likeness (QED) is 0.684. The topological polar surface area (TPSA) is 52.6 Å². The van der Waals surface area contributed by atoms with Crippen LogP contribution in [0.1, 0.15) is 34.1 Å². The number of rotatable bonds is 6. The van der Waals surface area contributed by atoms with E-state index in [0.29, 0.717) is 13.1 Å². The Morgan fingerprint density at radius 2 is 2.07 bits per heavy atom. The van der Waals surface area contributed by atoms with Crippen molar-refractivity contribution in [2.45, 2.75) is 45.8 Å². The SMILES string of the molecule is CCC(C)NC(=O)CN(C)CC(C)(C)O. The molecule has 0 aromatic carbocycles. The number of nitrogens with zero attached hydrogens (tertiary/aromatic N) is 1. The van der Waals surface area contributed by atoms with Gasteiger partial charge in [0.1, 0.15) is 0 Å². The number of nitrogens with one attached hydrogen (secondary N) is 1.